The summed E-state index contributed by atoms with van der Waals surface area (Å²) in [5.74, 6) is 2.23. The number of para-hydroxylation sites is 4. The molecule has 86 heavy (non-hydrogen) atoms. The first-order valence-corrected chi connectivity index (χ1v) is 31.9. The summed E-state index contributed by atoms with van der Waals surface area (Å²) < 4.78 is 14.3. The molecule has 0 bridgehead atoms. The lowest BCUT2D eigenvalue weighted by molar-refractivity contribution is 0.646. The molecule has 0 unspecified atom stereocenters. The van der Waals surface area contributed by atoms with E-state index >= 15 is 0 Å². The Morgan fingerprint density at radius 3 is 1.07 bits per heavy atom. The van der Waals surface area contributed by atoms with Crippen molar-refractivity contribution in [3.05, 3.63) is 215 Å². The van der Waals surface area contributed by atoms with Crippen molar-refractivity contribution in [3.63, 3.8) is 0 Å². The van der Waals surface area contributed by atoms with Gasteiger partial charge < -0.3 is 18.6 Å². The molecular weight excluding hydrogens is 1040 g/mol. The third-order valence-corrected chi connectivity index (χ3v) is 18.2. The van der Waals surface area contributed by atoms with E-state index in [1.54, 1.807) is 0 Å². The van der Waals surface area contributed by atoms with Crippen LogP contribution in [0.1, 0.15) is 128 Å². The minimum absolute atomic E-state index is 0.197. The van der Waals surface area contributed by atoms with Crippen LogP contribution in [0.5, 0.6) is 0 Å². The SMILES string of the molecule is CC(C)Cc1ccc2ccc(CC(C)C)c(N(c3cc(C(C)C)c4ccc5c(N(c6c(CC(C)C)ccc7ccc(CC(C)C)cc67)c6cccc7c6oc6ccccc67)cc(C(C)C)c6ccc3c4c65)c3cccc4c3oc3ccccc34)c2c1. The molecule has 0 aliphatic carbocycles. The van der Waals surface area contributed by atoms with Crippen molar-refractivity contribution in [1.29, 1.82) is 0 Å². The zero-order valence-corrected chi connectivity index (χ0v) is 52.3. The molecule has 0 radical (unpaired) electrons. The third-order valence-electron chi connectivity index (χ3n) is 18.2. The van der Waals surface area contributed by atoms with E-state index in [0.29, 0.717) is 23.7 Å². The van der Waals surface area contributed by atoms with Crippen molar-refractivity contribution in [2.75, 3.05) is 9.80 Å². The zero-order valence-electron chi connectivity index (χ0n) is 52.3. The second-order valence-electron chi connectivity index (χ2n) is 27.2. The van der Waals surface area contributed by atoms with E-state index in [0.717, 1.165) is 92.3 Å². The molecule has 12 aromatic carbocycles. The van der Waals surface area contributed by atoms with Crippen LogP contribution in [0.15, 0.2) is 191 Å². The average Bonchev–Trinajstić information content (AvgIpc) is 0.728. The van der Waals surface area contributed by atoms with Crippen molar-refractivity contribution in [1.82, 2.24) is 0 Å². The van der Waals surface area contributed by atoms with Crippen molar-refractivity contribution in [2.24, 2.45) is 23.7 Å². The lowest BCUT2D eigenvalue weighted by atomic mass is 9.83. The molecule has 2 aromatic heterocycles. The van der Waals surface area contributed by atoms with Crippen LogP contribution in [-0.4, -0.2) is 0 Å². The highest BCUT2D eigenvalue weighted by molar-refractivity contribution is 6.30. The molecule has 0 spiro atoms. The van der Waals surface area contributed by atoms with E-state index in [-0.39, 0.29) is 11.8 Å². The Bertz CT molecular complexity index is 4610. The fraction of sp³-hybridized carbons (Fsp3) is 0.268. The smallest absolute Gasteiger partial charge is 0.159 e. The molecule has 0 saturated heterocycles. The molecule has 14 rings (SSSR count). The summed E-state index contributed by atoms with van der Waals surface area (Å²) in [5, 5.41) is 17.0. The topological polar surface area (TPSA) is 32.8 Å². The zero-order chi connectivity index (χ0) is 59.4. The van der Waals surface area contributed by atoms with E-state index in [2.05, 4.69) is 275 Å². The molecular formula is C82H80N2O2. The van der Waals surface area contributed by atoms with Gasteiger partial charge in [0.15, 0.2) is 11.2 Å². The summed E-state index contributed by atoms with van der Waals surface area (Å²) in [6, 6.07) is 69.6. The van der Waals surface area contributed by atoms with Crippen molar-refractivity contribution < 1.29 is 8.83 Å². The van der Waals surface area contributed by atoms with Crippen LogP contribution < -0.4 is 9.80 Å². The van der Waals surface area contributed by atoms with E-state index < -0.39 is 0 Å². The number of fused-ring (bicyclic) bond motifs is 8. The molecule has 0 amide bonds. The molecule has 2 heterocycles. The fourth-order valence-electron chi connectivity index (χ4n) is 14.6. The first-order chi connectivity index (χ1) is 41.6. The molecule has 0 N–H and O–H groups in total. The summed E-state index contributed by atoms with van der Waals surface area (Å²) in [7, 11) is 0. The van der Waals surface area contributed by atoms with Gasteiger partial charge in [0, 0.05) is 43.1 Å². The van der Waals surface area contributed by atoms with Gasteiger partial charge in [-0.1, -0.05) is 217 Å². The third kappa shape index (κ3) is 9.34. The average molecular weight is 1130 g/mol. The number of nitrogens with zero attached hydrogens (tertiary/aromatic N) is 2. The van der Waals surface area contributed by atoms with Crippen LogP contribution in [0.3, 0.4) is 0 Å². The van der Waals surface area contributed by atoms with Crippen LogP contribution in [0.4, 0.5) is 34.1 Å². The Kier molecular flexibility index (Phi) is 14.0. The molecule has 4 nitrogen and oxygen atoms in total. The van der Waals surface area contributed by atoms with Gasteiger partial charge in [0.1, 0.15) is 11.2 Å². The summed E-state index contributed by atoms with van der Waals surface area (Å²) in [5.41, 5.74) is 18.4. The van der Waals surface area contributed by atoms with Crippen LogP contribution in [0.25, 0.3) is 97.7 Å². The number of benzene rings is 12. The maximum atomic E-state index is 7.17. The van der Waals surface area contributed by atoms with Crippen LogP contribution in [0.2, 0.25) is 0 Å². The molecule has 0 saturated carbocycles. The molecule has 4 heteroatoms. The van der Waals surface area contributed by atoms with Gasteiger partial charge in [-0.15, -0.1) is 0 Å². The number of hydrogen-bond donors (Lipinski definition) is 0. The van der Waals surface area contributed by atoms with E-state index in [1.807, 2.05) is 0 Å². The monoisotopic (exact) mass is 1120 g/mol. The quantitative estimate of drug-likeness (QED) is 0.0903. The Morgan fingerprint density at radius 1 is 0.302 bits per heavy atom. The first kappa shape index (κ1) is 55.3. The Hall–Kier alpha value is -8.60. The van der Waals surface area contributed by atoms with Crippen molar-refractivity contribution >= 4 is 132 Å². The summed E-state index contributed by atoms with van der Waals surface area (Å²) in [6.45, 7) is 28.3. The van der Waals surface area contributed by atoms with Gasteiger partial charge in [0.05, 0.1) is 34.1 Å². The largest absolute Gasteiger partial charge is 0.454 e. The fourth-order valence-corrected chi connectivity index (χ4v) is 14.6. The van der Waals surface area contributed by atoms with Crippen LogP contribution in [-0.2, 0) is 25.7 Å². The first-order valence-electron chi connectivity index (χ1n) is 31.9. The number of furan rings is 2. The van der Waals surface area contributed by atoms with E-state index in [9.17, 15) is 0 Å². The van der Waals surface area contributed by atoms with Crippen molar-refractivity contribution in [3.8, 4) is 0 Å². The molecule has 0 aliphatic rings. The highest BCUT2D eigenvalue weighted by Crippen LogP contribution is 2.55. The normalized spacial score (nSPS) is 12.5. The van der Waals surface area contributed by atoms with E-state index in [1.165, 1.54) is 98.6 Å². The Morgan fingerprint density at radius 2 is 0.674 bits per heavy atom. The molecule has 0 fully saturated rings. The number of hydrogen-bond acceptors (Lipinski definition) is 4. The molecule has 0 atom stereocenters. The maximum absolute atomic E-state index is 7.17. The van der Waals surface area contributed by atoms with Gasteiger partial charge in [0.25, 0.3) is 0 Å². The second kappa shape index (κ2) is 21.7. The van der Waals surface area contributed by atoms with Gasteiger partial charge in [-0.25, -0.2) is 0 Å². The van der Waals surface area contributed by atoms with Gasteiger partial charge in [-0.2, -0.15) is 0 Å². The standard InChI is InChI=1S/C82H80N2O2/c1-47(2)39-53-27-29-55-31-33-57(41-49(5)6)79(69(55)43-53)83(71-23-17-21-63-59-19-13-15-25-75(59)85-81(63)71)73-45-67(51(9)10)61-36-38-66-74(46-68(52(11)12)62-35-37-65(73)77(61)78(62)66)84(72-24-18-22-64-60-20-14-16-26-76(60)86-82(64)72)80-58(42-50(7)8)34-32-56-30-28-54(40-48(3)4)44-70(56)80/h13-38,43-52H,39-42H2,1-12H3. The predicted octanol–water partition coefficient (Wildman–Crippen LogP) is 24.7. The van der Waals surface area contributed by atoms with Gasteiger partial charge >= 0.3 is 0 Å². The second-order valence-corrected chi connectivity index (χ2v) is 27.2. The molecule has 0 aliphatic heterocycles. The molecule has 430 valence electrons. The lowest BCUT2D eigenvalue weighted by Crippen LogP contribution is -2.16. The minimum Gasteiger partial charge on any atom is -0.454 e. The van der Waals surface area contributed by atoms with Gasteiger partial charge in [-0.05, 0) is 175 Å². The summed E-state index contributed by atoms with van der Waals surface area (Å²) >= 11 is 0. The molecule has 14 aromatic rings. The van der Waals surface area contributed by atoms with Gasteiger partial charge in [-0.3, -0.25) is 0 Å². The van der Waals surface area contributed by atoms with Gasteiger partial charge in [0.2, 0.25) is 0 Å². The highest BCUT2D eigenvalue weighted by atomic mass is 16.3. The lowest BCUT2D eigenvalue weighted by Gasteiger charge is -2.34. The minimum atomic E-state index is 0.197. The highest BCUT2D eigenvalue weighted by Gasteiger charge is 2.32. The predicted molar refractivity (Wildman–Crippen MR) is 371 cm³/mol. The maximum Gasteiger partial charge on any atom is 0.159 e. The Labute approximate surface area is 507 Å². The van der Waals surface area contributed by atoms with Crippen LogP contribution >= 0.6 is 0 Å². The van der Waals surface area contributed by atoms with Crippen LogP contribution in [0, 0.1) is 23.7 Å². The summed E-state index contributed by atoms with van der Waals surface area (Å²) in [6.07, 6.45) is 3.82. The van der Waals surface area contributed by atoms with Crippen molar-refractivity contribution in [2.45, 2.75) is 121 Å². The summed E-state index contributed by atoms with van der Waals surface area (Å²) in [4.78, 5) is 5.28. The van der Waals surface area contributed by atoms with E-state index in [4.69, 9.17) is 8.83 Å². The Balaban J connectivity index is 1.16. The number of anilines is 6. The number of rotatable bonds is 16.